The average Bonchev–Trinajstić information content (AvgIpc) is 3.38. The van der Waals surface area contributed by atoms with Gasteiger partial charge in [0.25, 0.3) is 0 Å². The number of hydrogen-bond donors (Lipinski definition) is 2. The third-order valence-electron chi connectivity index (χ3n) is 4.88. The summed E-state index contributed by atoms with van der Waals surface area (Å²) in [7, 11) is 1.57. The highest BCUT2D eigenvalue weighted by Gasteiger charge is 2.30. The van der Waals surface area contributed by atoms with Gasteiger partial charge in [-0.1, -0.05) is 17.3 Å². The molecule has 146 valence electrons. The van der Waals surface area contributed by atoms with Crippen molar-refractivity contribution in [3.63, 3.8) is 0 Å². The second kappa shape index (κ2) is 8.03. The molecular weight excluding hydrogens is 362 g/mol. The molecule has 28 heavy (non-hydrogen) atoms. The molecule has 1 aromatic carbocycles. The van der Waals surface area contributed by atoms with Crippen molar-refractivity contribution in [1.82, 2.24) is 20.0 Å². The summed E-state index contributed by atoms with van der Waals surface area (Å²) in [5.41, 5.74) is 2.11. The van der Waals surface area contributed by atoms with Crippen LogP contribution in [0.25, 0.3) is 11.4 Å². The van der Waals surface area contributed by atoms with Gasteiger partial charge in [0.15, 0.2) is 5.69 Å². The van der Waals surface area contributed by atoms with E-state index in [2.05, 4.69) is 20.0 Å². The van der Waals surface area contributed by atoms with Crippen LogP contribution >= 0.6 is 0 Å². The summed E-state index contributed by atoms with van der Waals surface area (Å²) in [5.74, 6) is 1.62. The lowest BCUT2D eigenvalue weighted by molar-refractivity contribution is -0.991. The molecule has 4 rings (SSSR count). The number of nitrogens with zero attached hydrogens (tertiary/aromatic N) is 4. The normalized spacial score (nSPS) is 18.3. The number of ether oxygens (including phenoxy) is 1. The van der Waals surface area contributed by atoms with Crippen LogP contribution in [0, 0.1) is 5.21 Å². The Morgan fingerprint density at radius 3 is 2.79 bits per heavy atom. The van der Waals surface area contributed by atoms with Crippen LogP contribution in [0.4, 0.5) is 5.69 Å². The molecule has 9 nitrogen and oxygen atoms in total. The summed E-state index contributed by atoms with van der Waals surface area (Å²) in [6, 6.07) is 10.6. The molecule has 1 aliphatic rings. The van der Waals surface area contributed by atoms with Crippen molar-refractivity contribution in [3.05, 3.63) is 59.3 Å². The number of aromatic nitrogens is 3. The van der Waals surface area contributed by atoms with E-state index in [4.69, 9.17) is 14.5 Å². The van der Waals surface area contributed by atoms with Gasteiger partial charge >= 0.3 is 0 Å². The van der Waals surface area contributed by atoms with Crippen molar-refractivity contribution in [2.75, 3.05) is 13.7 Å². The summed E-state index contributed by atoms with van der Waals surface area (Å²) >= 11 is 0. The van der Waals surface area contributed by atoms with Crippen molar-refractivity contribution in [1.29, 1.82) is 0 Å². The van der Waals surface area contributed by atoms with Gasteiger partial charge in [-0.15, -0.1) is 0 Å². The van der Waals surface area contributed by atoms with Crippen molar-refractivity contribution in [3.8, 4) is 17.3 Å². The topological polar surface area (TPSA) is 112 Å². The lowest BCUT2D eigenvalue weighted by Crippen LogP contribution is -2.99. The standard InChI is InChI=1S/C19H21N5O4/c1-27-17-9-6-14(11-20-17)18-21-19(28-22-18)16-3-2-10-23(16)12-13-4-7-15(8-5-13)24(25)26/h4-9,11,16,24-25H,2-3,10,12H2,1H3. The van der Waals surface area contributed by atoms with Crippen molar-refractivity contribution in [2.24, 2.45) is 0 Å². The second-order valence-corrected chi connectivity index (χ2v) is 6.68. The van der Waals surface area contributed by atoms with E-state index < -0.39 is 5.23 Å². The van der Waals surface area contributed by atoms with E-state index in [9.17, 15) is 5.21 Å². The Morgan fingerprint density at radius 2 is 2.11 bits per heavy atom. The predicted octanol–water partition coefficient (Wildman–Crippen LogP) is 1.88. The molecule has 0 saturated carbocycles. The monoisotopic (exact) mass is 383 g/mol. The lowest BCUT2D eigenvalue weighted by atomic mass is 10.1. The van der Waals surface area contributed by atoms with Gasteiger partial charge in [0, 0.05) is 36.5 Å². The molecule has 0 bridgehead atoms. The molecule has 0 aliphatic carbocycles. The fourth-order valence-electron chi connectivity index (χ4n) is 3.40. The zero-order valence-electron chi connectivity index (χ0n) is 15.4. The molecule has 1 fully saturated rings. The molecular formula is C19H21N5O4. The van der Waals surface area contributed by atoms with Gasteiger partial charge in [0.05, 0.1) is 13.2 Å². The molecule has 2 unspecified atom stereocenters. The van der Waals surface area contributed by atoms with E-state index in [-0.39, 0.29) is 11.7 Å². The molecule has 2 atom stereocenters. The van der Waals surface area contributed by atoms with Crippen molar-refractivity contribution in [2.45, 2.75) is 25.4 Å². The van der Waals surface area contributed by atoms with E-state index in [1.165, 1.54) is 0 Å². The third kappa shape index (κ3) is 3.87. The molecule has 2 aromatic heterocycles. The van der Waals surface area contributed by atoms with Gasteiger partial charge in [-0.05, 0) is 31.0 Å². The predicted molar refractivity (Wildman–Crippen MR) is 98.7 cm³/mol. The van der Waals surface area contributed by atoms with Crippen LogP contribution in [0.5, 0.6) is 5.88 Å². The number of benzene rings is 1. The number of hydrogen-bond acceptors (Lipinski definition) is 8. The van der Waals surface area contributed by atoms with Crippen LogP contribution in [-0.2, 0) is 6.54 Å². The van der Waals surface area contributed by atoms with Gasteiger partial charge < -0.3 is 14.5 Å². The van der Waals surface area contributed by atoms with Gasteiger partial charge in [-0.3, -0.25) is 4.90 Å². The fraction of sp³-hybridized carbons (Fsp3) is 0.316. The minimum absolute atomic E-state index is 0.0478. The maximum atomic E-state index is 11.0. The van der Waals surface area contributed by atoms with Gasteiger partial charge in [0.2, 0.25) is 17.6 Å². The molecule has 0 amide bonds. The summed E-state index contributed by atoms with van der Waals surface area (Å²) in [4.78, 5) is 11.0. The summed E-state index contributed by atoms with van der Waals surface area (Å²) in [5, 5.41) is 23.2. The number of methoxy groups -OCH3 is 1. The molecule has 3 aromatic rings. The van der Waals surface area contributed by atoms with E-state index in [1.807, 2.05) is 18.2 Å². The van der Waals surface area contributed by atoms with Gasteiger partial charge in [0.1, 0.15) is 0 Å². The molecule has 9 heteroatoms. The largest absolute Gasteiger partial charge is 0.595 e. The van der Waals surface area contributed by atoms with E-state index in [0.29, 0.717) is 24.1 Å². The van der Waals surface area contributed by atoms with Crippen LogP contribution < -0.4 is 9.96 Å². The van der Waals surface area contributed by atoms with E-state index >= 15 is 0 Å². The minimum Gasteiger partial charge on any atom is -0.595 e. The summed E-state index contributed by atoms with van der Waals surface area (Å²) < 4.78 is 10.6. The Morgan fingerprint density at radius 1 is 1.29 bits per heavy atom. The number of rotatable bonds is 6. The number of nitrogens with one attached hydrogen (secondary N) is 1. The summed E-state index contributed by atoms with van der Waals surface area (Å²) in [6.45, 7) is 1.62. The van der Waals surface area contributed by atoms with Crippen LogP contribution in [-0.4, -0.2) is 38.9 Å². The Kier molecular flexibility index (Phi) is 5.31. The Labute approximate surface area is 161 Å². The SMILES string of the molecule is COc1ccc(-c2noc(C3CCCN3Cc3ccc([NH+]([O-])O)cc3)n2)cn1. The molecule has 1 saturated heterocycles. The first-order valence-corrected chi connectivity index (χ1v) is 9.04. The smallest absolute Gasteiger partial charge is 0.244 e. The van der Waals surface area contributed by atoms with Gasteiger partial charge in [-0.2, -0.15) is 10.2 Å². The van der Waals surface area contributed by atoms with Gasteiger partial charge in [-0.25, -0.2) is 10.2 Å². The molecule has 0 spiro atoms. The Hall–Kier alpha value is -2.85. The van der Waals surface area contributed by atoms with E-state index in [0.717, 1.165) is 30.5 Å². The lowest BCUT2D eigenvalue weighted by Gasteiger charge is -2.21. The molecule has 3 heterocycles. The number of quaternary nitrogens is 1. The maximum Gasteiger partial charge on any atom is 0.244 e. The van der Waals surface area contributed by atoms with Crippen LogP contribution in [0.3, 0.4) is 0 Å². The minimum atomic E-state index is -0.919. The zero-order valence-corrected chi connectivity index (χ0v) is 15.4. The van der Waals surface area contributed by atoms with Crippen molar-refractivity contribution < 1.29 is 19.7 Å². The highest BCUT2D eigenvalue weighted by Crippen LogP contribution is 2.33. The Bertz CT molecular complexity index is 911. The highest BCUT2D eigenvalue weighted by atomic mass is 16.8. The first-order valence-electron chi connectivity index (χ1n) is 9.04. The summed E-state index contributed by atoms with van der Waals surface area (Å²) in [6.07, 6.45) is 3.64. The first kappa shape index (κ1) is 18.5. The molecule has 2 N–H and O–H groups in total. The third-order valence-corrected chi connectivity index (χ3v) is 4.88. The van der Waals surface area contributed by atoms with Crippen LogP contribution in [0.1, 0.15) is 30.3 Å². The zero-order chi connectivity index (χ0) is 19.5. The van der Waals surface area contributed by atoms with Crippen LogP contribution in [0.2, 0.25) is 0 Å². The maximum absolute atomic E-state index is 11.0. The molecule has 0 radical (unpaired) electrons. The number of pyridine rings is 1. The molecule has 1 aliphatic heterocycles. The average molecular weight is 383 g/mol. The van der Waals surface area contributed by atoms with Crippen molar-refractivity contribution >= 4 is 5.69 Å². The second-order valence-electron chi connectivity index (χ2n) is 6.68. The highest BCUT2D eigenvalue weighted by molar-refractivity contribution is 5.53. The van der Waals surface area contributed by atoms with Crippen LogP contribution in [0.15, 0.2) is 47.1 Å². The first-order chi connectivity index (χ1) is 13.6. The fourth-order valence-corrected chi connectivity index (χ4v) is 3.40. The van der Waals surface area contributed by atoms with E-state index in [1.54, 1.807) is 31.5 Å². The Balaban J connectivity index is 1.48. The number of likely N-dealkylation sites (tertiary alicyclic amines) is 1. The quantitative estimate of drug-likeness (QED) is 0.621.